The third kappa shape index (κ3) is 5.26. The molecule has 0 aliphatic carbocycles. The quantitative estimate of drug-likeness (QED) is 0.510. The van der Waals surface area contributed by atoms with Crippen molar-refractivity contribution in [1.29, 1.82) is 0 Å². The van der Waals surface area contributed by atoms with E-state index in [0.717, 1.165) is 12.1 Å². The predicted octanol–water partition coefficient (Wildman–Crippen LogP) is 4.12. The number of hydrogen-bond donors (Lipinski definition) is 1. The fourth-order valence-electron chi connectivity index (χ4n) is 3.47. The van der Waals surface area contributed by atoms with Crippen LogP contribution in [0.5, 0.6) is 11.5 Å². The summed E-state index contributed by atoms with van der Waals surface area (Å²) >= 11 is 0. The summed E-state index contributed by atoms with van der Waals surface area (Å²) in [5.74, 6) is -3.87. The molecule has 0 unspecified atom stereocenters. The molecule has 0 aromatic heterocycles. The molecule has 1 heterocycles. The van der Waals surface area contributed by atoms with E-state index in [-0.39, 0.29) is 23.6 Å². The standard InChI is InChI=1S/C25H19F3N2O5/c1-14(25(33)29-17-5-3-16(26)4-6-17)30-21-10-15(2-9-23(21)35-13-24(30)32)22(31)12-34-18-7-8-19(27)20(28)11-18/h2-11,14H,12-13H2,1H3,(H,29,33)/t14-/m0/s1. The third-order valence-electron chi connectivity index (χ3n) is 5.30. The predicted molar refractivity (Wildman–Crippen MR) is 120 cm³/mol. The number of anilines is 2. The van der Waals surface area contributed by atoms with E-state index in [4.69, 9.17) is 9.47 Å². The van der Waals surface area contributed by atoms with Crippen LogP contribution >= 0.6 is 0 Å². The maximum atomic E-state index is 13.4. The van der Waals surface area contributed by atoms with Crippen molar-refractivity contribution in [2.75, 3.05) is 23.4 Å². The summed E-state index contributed by atoms with van der Waals surface area (Å²) in [7, 11) is 0. The Morgan fingerprint density at radius 1 is 1.03 bits per heavy atom. The van der Waals surface area contributed by atoms with Crippen LogP contribution < -0.4 is 19.7 Å². The van der Waals surface area contributed by atoms with E-state index in [1.807, 2.05) is 0 Å². The number of halogens is 3. The lowest BCUT2D eigenvalue weighted by Gasteiger charge is -2.33. The molecule has 0 saturated heterocycles. The summed E-state index contributed by atoms with van der Waals surface area (Å²) in [4.78, 5) is 39.3. The number of benzene rings is 3. The molecule has 3 aromatic carbocycles. The van der Waals surface area contributed by atoms with Crippen molar-refractivity contribution >= 4 is 29.0 Å². The number of ether oxygens (including phenoxy) is 2. The summed E-state index contributed by atoms with van der Waals surface area (Å²) < 4.78 is 50.2. The molecule has 35 heavy (non-hydrogen) atoms. The number of hydrogen-bond acceptors (Lipinski definition) is 5. The first-order valence-corrected chi connectivity index (χ1v) is 10.5. The van der Waals surface area contributed by atoms with Gasteiger partial charge in [-0.05, 0) is 61.5 Å². The zero-order valence-electron chi connectivity index (χ0n) is 18.4. The largest absolute Gasteiger partial charge is 0.485 e. The van der Waals surface area contributed by atoms with Crippen LogP contribution in [0, 0.1) is 17.5 Å². The smallest absolute Gasteiger partial charge is 0.265 e. The molecule has 10 heteroatoms. The van der Waals surface area contributed by atoms with Crippen LogP contribution in [-0.2, 0) is 9.59 Å². The number of carbonyl (C=O) groups excluding carboxylic acids is 3. The number of rotatable bonds is 7. The maximum Gasteiger partial charge on any atom is 0.265 e. The van der Waals surface area contributed by atoms with Crippen molar-refractivity contribution in [3.8, 4) is 11.5 Å². The normalized spacial score (nSPS) is 13.5. The molecule has 0 fully saturated rings. The maximum absolute atomic E-state index is 13.4. The van der Waals surface area contributed by atoms with E-state index in [2.05, 4.69) is 5.32 Å². The first kappa shape index (κ1) is 23.8. The van der Waals surface area contributed by atoms with E-state index in [9.17, 15) is 27.6 Å². The number of nitrogens with one attached hydrogen (secondary N) is 1. The van der Waals surface area contributed by atoms with E-state index < -0.39 is 47.7 Å². The van der Waals surface area contributed by atoms with Gasteiger partial charge in [0.2, 0.25) is 5.91 Å². The van der Waals surface area contributed by atoms with Gasteiger partial charge >= 0.3 is 0 Å². The van der Waals surface area contributed by atoms with Gasteiger partial charge in [-0.15, -0.1) is 0 Å². The molecule has 1 N–H and O–H groups in total. The summed E-state index contributed by atoms with van der Waals surface area (Å²) in [6, 6.07) is 11.4. The lowest BCUT2D eigenvalue weighted by atomic mass is 10.1. The fraction of sp³-hybridized carbons (Fsp3) is 0.160. The Morgan fingerprint density at radius 2 is 1.77 bits per heavy atom. The van der Waals surface area contributed by atoms with Crippen molar-refractivity contribution in [1.82, 2.24) is 0 Å². The summed E-state index contributed by atoms with van der Waals surface area (Å²) in [5.41, 5.74) is 0.713. The summed E-state index contributed by atoms with van der Waals surface area (Å²) in [6.07, 6.45) is 0. The van der Waals surface area contributed by atoms with Crippen molar-refractivity contribution < 1.29 is 37.0 Å². The van der Waals surface area contributed by atoms with Gasteiger partial charge in [-0.25, -0.2) is 13.2 Å². The van der Waals surface area contributed by atoms with E-state index in [0.29, 0.717) is 11.4 Å². The molecule has 1 aliphatic heterocycles. The molecule has 180 valence electrons. The average Bonchev–Trinajstić information content (AvgIpc) is 2.85. The van der Waals surface area contributed by atoms with E-state index in [1.165, 1.54) is 60.4 Å². The number of carbonyl (C=O) groups is 3. The molecule has 3 aromatic rings. The van der Waals surface area contributed by atoms with Gasteiger partial charge < -0.3 is 14.8 Å². The first-order chi connectivity index (χ1) is 16.7. The van der Waals surface area contributed by atoms with Crippen LogP contribution in [0.4, 0.5) is 24.5 Å². The molecule has 0 saturated carbocycles. The first-order valence-electron chi connectivity index (χ1n) is 10.5. The highest BCUT2D eigenvalue weighted by Gasteiger charge is 2.33. The minimum atomic E-state index is -1.11. The summed E-state index contributed by atoms with van der Waals surface area (Å²) in [5, 5.41) is 2.62. The highest BCUT2D eigenvalue weighted by atomic mass is 19.2. The Bertz CT molecular complexity index is 1300. The highest BCUT2D eigenvalue weighted by molar-refractivity contribution is 6.08. The van der Waals surface area contributed by atoms with Crippen LogP contribution in [0.1, 0.15) is 17.3 Å². The molecular formula is C25H19F3N2O5. The van der Waals surface area contributed by atoms with Gasteiger partial charge in [0.15, 0.2) is 30.6 Å². The zero-order chi connectivity index (χ0) is 25.1. The zero-order valence-corrected chi connectivity index (χ0v) is 18.4. The molecule has 0 bridgehead atoms. The van der Waals surface area contributed by atoms with Crippen LogP contribution in [0.3, 0.4) is 0 Å². The SMILES string of the molecule is C[C@@H](C(=O)Nc1ccc(F)cc1)N1C(=O)COc2ccc(C(=O)COc3ccc(F)c(F)c3)cc21. The van der Waals surface area contributed by atoms with Gasteiger partial charge in [0, 0.05) is 17.3 Å². The number of amides is 2. The Hall–Kier alpha value is -4.34. The van der Waals surface area contributed by atoms with Crippen LogP contribution in [-0.4, -0.2) is 36.9 Å². The average molecular weight is 484 g/mol. The second-order valence-corrected chi connectivity index (χ2v) is 7.69. The number of fused-ring (bicyclic) bond motifs is 1. The van der Waals surface area contributed by atoms with Gasteiger partial charge in [0.05, 0.1) is 5.69 Å². The molecule has 0 radical (unpaired) electrons. The van der Waals surface area contributed by atoms with Crippen LogP contribution in [0.15, 0.2) is 60.7 Å². The van der Waals surface area contributed by atoms with Gasteiger partial charge in [0.1, 0.15) is 23.4 Å². The monoisotopic (exact) mass is 484 g/mol. The van der Waals surface area contributed by atoms with E-state index in [1.54, 1.807) is 0 Å². The molecule has 0 spiro atoms. The fourth-order valence-corrected chi connectivity index (χ4v) is 3.47. The summed E-state index contributed by atoms with van der Waals surface area (Å²) in [6.45, 7) is 0.736. The van der Waals surface area contributed by atoms with Gasteiger partial charge in [-0.1, -0.05) is 0 Å². The Morgan fingerprint density at radius 3 is 2.49 bits per heavy atom. The van der Waals surface area contributed by atoms with Gasteiger partial charge in [-0.2, -0.15) is 0 Å². The van der Waals surface area contributed by atoms with E-state index >= 15 is 0 Å². The number of ketones is 1. The molecule has 2 amide bonds. The number of nitrogens with zero attached hydrogens (tertiary/aromatic N) is 1. The topological polar surface area (TPSA) is 84.9 Å². The molecule has 1 aliphatic rings. The molecule has 4 rings (SSSR count). The van der Waals surface area contributed by atoms with Crippen molar-refractivity contribution in [2.24, 2.45) is 0 Å². The Kier molecular flexibility index (Phi) is 6.72. The second-order valence-electron chi connectivity index (χ2n) is 7.69. The minimum absolute atomic E-state index is 0.0264. The minimum Gasteiger partial charge on any atom is -0.485 e. The highest BCUT2D eigenvalue weighted by Crippen LogP contribution is 2.35. The van der Waals surface area contributed by atoms with Crippen LogP contribution in [0.25, 0.3) is 0 Å². The third-order valence-corrected chi connectivity index (χ3v) is 5.30. The molecular weight excluding hydrogens is 465 g/mol. The van der Waals surface area contributed by atoms with Crippen molar-refractivity contribution in [3.05, 3.63) is 83.7 Å². The lowest BCUT2D eigenvalue weighted by molar-refractivity contribution is -0.125. The van der Waals surface area contributed by atoms with Crippen molar-refractivity contribution in [2.45, 2.75) is 13.0 Å². The Labute approximate surface area is 198 Å². The number of Topliss-reactive ketones (excluding diaryl/α,β-unsaturated/α-hetero) is 1. The Balaban J connectivity index is 1.52. The molecule has 7 nitrogen and oxygen atoms in total. The lowest BCUT2D eigenvalue weighted by Crippen LogP contribution is -2.49. The van der Waals surface area contributed by atoms with Crippen LogP contribution in [0.2, 0.25) is 0 Å². The molecule has 1 atom stereocenters. The van der Waals surface area contributed by atoms with Gasteiger partial charge in [0.25, 0.3) is 5.91 Å². The van der Waals surface area contributed by atoms with Gasteiger partial charge in [-0.3, -0.25) is 19.3 Å². The second kappa shape index (κ2) is 9.88. The van der Waals surface area contributed by atoms with Crippen molar-refractivity contribution in [3.63, 3.8) is 0 Å².